The largest absolute Gasteiger partial charge is 0.486 e. The molecule has 0 spiro atoms. The number of amides is 1. The quantitative estimate of drug-likeness (QED) is 0.311. The van der Waals surface area contributed by atoms with Gasteiger partial charge in [-0.15, -0.1) is 10.2 Å². The van der Waals surface area contributed by atoms with Crippen LogP contribution in [0.1, 0.15) is 113 Å². The Bertz CT molecular complexity index is 1380. The second kappa shape index (κ2) is 12.6. The van der Waals surface area contributed by atoms with Gasteiger partial charge in [0.1, 0.15) is 23.8 Å². The summed E-state index contributed by atoms with van der Waals surface area (Å²) in [5, 5.41) is 16.4. The van der Waals surface area contributed by atoms with Crippen molar-refractivity contribution in [1.82, 2.24) is 29.9 Å². The van der Waals surface area contributed by atoms with Gasteiger partial charge in [-0.25, -0.2) is 4.79 Å². The van der Waals surface area contributed by atoms with Crippen LogP contribution in [-0.4, -0.2) is 42.3 Å². The summed E-state index contributed by atoms with van der Waals surface area (Å²) in [4.78, 5) is 12.1. The van der Waals surface area contributed by atoms with E-state index >= 15 is 0 Å². The van der Waals surface area contributed by atoms with Crippen molar-refractivity contribution in [3.8, 4) is 5.75 Å². The molecule has 2 aliphatic carbocycles. The van der Waals surface area contributed by atoms with E-state index in [4.69, 9.17) is 14.6 Å². The fraction of sp³-hybridized carbons (Fsp3) is 0.613. The Balaban J connectivity index is 1.09. The van der Waals surface area contributed by atoms with E-state index < -0.39 is 17.3 Å². The summed E-state index contributed by atoms with van der Waals surface area (Å²) < 4.78 is 54.1. The van der Waals surface area contributed by atoms with Crippen molar-refractivity contribution in [2.45, 2.75) is 114 Å². The average Bonchev–Trinajstić information content (AvgIpc) is 3.58. The minimum absolute atomic E-state index is 0.0369. The van der Waals surface area contributed by atoms with Gasteiger partial charge in [0.25, 0.3) is 0 Å². The molecule has 43 heavy (non-hydrogen) atoms. The Kier molecular flexibility index (Phi) is 9.03. The Morgan fingerprint density at radius 1 is 1.00 bits per heavy atom. The monoisotopic (exact) mass is 602 g/mol. The van der Waals surface area contributed by atoms with E-state index in [0.29, 0.717) is 17.8 Å². The van der Waals surface area contributed by atoms with Crippen molar-refractivity contribution >= 4 is 6.09 Å². The van der Waals surface area contributed by atoms with Crippen molar-refractivity contribution in [2.75, 3.05) is 0 Å². The molecule has 2 aliphatic rings. The molecule has 0 unspecified atom stereocenters. The van der Waals surface area contributed by atoms with Gasteiger partial charge in [-0.2, -0.15) is 18.3 Å². The maximum absolute atomic E-state index is 13.0. The molecule has 0 saturated heterocycles. The molecule has 1 amide bonds. The highest BCUT2D eigenvalue weighted by atomic mass is 19.4. The molecule has 5 rings (SSSR count). The van der Waals surface area contributed by atoms with Crippen molar-refractivity contribution in [1.29, 1.82) is 0 Å². The summed E-state index contributed by atoms with van der Waals surface area (Å²) in [6, 6.07) is 5.32. The van der Waals surface area contributed by atoms with Crippen molar-refractivity contribution < 1.29 is 27.4 Å². The number of ether oxygens (including phenoxy) is 2. The molecule has 1 N–H and O–H groups in total. The lowest BCUT2D eigenvalue weighted by molar-refractivity contribution is -0.137. The summed E-state index contributed by atoms with van der Waals surface area (Å²) >= 11 is 0. The number of benzene rings is 1. The number of rotatable bonds is 7. The highest BCUT2D eigenvalue weighted by Gasteiger charge is 2.32. The van der Waals surface area contributed by atoms with E-state index in [1.54, 1.807) is 0 Å². The van der Waals surface area contributed by atoms with Gasteiger partial charge in [0, 0.05) is 25.2 Å². The fourth-order valence-electron chi connectivity index (χ4n) is 6.17. The lowest BCUT2D eigenvalue weighted by atomic mass is 9.83. The molecule has 234 valence electrons. The third kappa shape index (κ3) is 7.88. The Morgan fingerprint density at radius 2 is 1.70 bits per heavy atom. The summed E-state index contributed by atoms with van der Waals surface area (Å²) in [6.07, 6.45) is 7.12. The Hall–Kier alpha value is -3.57. The number of halogens is 3. The van der Waals surface area contributed by atoms with Crippen LogP contribution in [0.5, 0.6) is 5.75 Å². The van der Waals surface area contributed by atoms with Gasteiger partial charge in [0.2, 0.25) is 0 Å². The Labute approximate surface area is 250 Å². The number of nitrogens with zero attached hydrogens (tertiary/aromatic N) is 5. The highest BCUT2D eigenvalue weighted by Crippen LogP contribution is 2.39. The van der Waals surface area contributed by atoms with Crippen LogP contribution < -0.4 is 10.1 Å². The predicted molar refractivity (Wildman–Crippen MR) is 154 cm³/mol. The first-order valence-electron chi connectivity index (χ1n) is 15.1. The third-order valence-electron chi connectivity index (χ3n) is 8.50. The number of carbonyl (C=O) groups excluding carboxylic acids is 1. The van der Waals surface area contributed by atoms with Gasteiger partial charge in [-0.05, 0) is 102 Å². The average molecular weight is 603 g/mol. The normalized spacial score (nSPS) is 23.1. The smallest absolute Gasteiger partial charge is 0.416 e. The maximum Gasteiger partial charge on any atom is 0.416 e. The van der Waals surface area contributed by atoms with Gasteiger partial charge < -0.3 is 19.4 Å². The van der Waals surface area contributed by atoms with Crippen LogP contribution in [0.3, 0.4) is 0 Å². The molecular formula is C31H41F3N6O3. The first kappa shape index (κ1) is 30.9. The summed E-state index contributed by atoms with van der Waals surface area (Å²) in [6.45, 7) is 5.64. The topological polar surface area (TPSA) is 96.1 Å². The molecular weight excluding hydrogens is 561 g/mol. The molecule has 1 aromatic carbocycles. The number of hydrogen-bond acceptors (Lipinski definition) is 6. The van der Waals surface area contributed by atoms with E-state index in [-0.39, 0.29) is 30.4 Å². The number of alkyl carbamates (subject to hydrolysis) is 1. The lowest BCUT2D eigenvalue weighted by Gasteiger charge is -2.30. The molecule has 2 saturated carbocycles. The highest BCUT2D eigenvalue weighted by molar-refractivity contribution is 5.68. The van der Waals surface area contributed by atoms with Crippen LogP contribution in [-0.2, 0) is 24.6 Å². The molecule has 2 heterocycles. The van der Waals surface area contributed by atoms with Crippen LogP contribution >= 0.6 is 0 Å². The van der Waals surface area contributed by atoms with Crippen molar-refractivity contribution in [2.24, 2.45) is 7.05 Å². The van der Waals surface area contributed by atoms with Gasteiger partial charge in [-0.3, -0.25) is 4.68 Å². The first-order chi connectivity index (χ1) is 20.4. The van der Waals surface area contributed by atoms with Crippen LogP contribution in [0.25, 0.3) is 0 Å². The number of hydrogen-bond donors (Lipinski definition) is 1. The molecule has 2 fully saturated rings. The van der Waals surface area contributed by atoms with Crippen LogP contribution in [0.2, 0.25) is 0 Å². The molecule has 0 aliphatic heterocycles. The second-order valence-corrected chi connectivity index (χ2v) is 12.8. The zero-order valence-electron chi connectivity index (χ0n) is 25.2. The zero-order valence-corrected chi connectivity index (χ0v) is 25.2. The number of nitrogens with one attached hydrogen (secondary N) is 1. The molecule has 0 radical (unpaired) electrons. The zero-order chi connectivity index (χ0) is 30.8. The van der Waals surface area contributed by atoms with E-state index in [1.165, 1.54) is 17.7 Å². The number of aromatic nitrogens is 5. The van der Waals surface area contributed by atoms with E-state index in [1.807, 2.05) is 38.6 Å². The van der Waals surface area contributed by atoms with E-state index in [9.17, 15) is 18.0 Å². The number of alkyl halides is 3. The molecule has 0 bridgehead atoms. The second-order valence-electron chi connectivity index (χ2n) is 12.8. The van der Waals surface area contributed by atoms with E-state index in [2.05, 4.69) is 26.4 Å². The first-order valence-corrected chi connectivity index (χ1v) is 15.1. The van der Waals surface area contributed by atoms with Crippen molar-refractivity contribution in [3.05, 3.63) is 59.4 Å². The molecule has 12 heteroatoms. The maximum atomic E-state index is 13.0. The summed E-state index contributed by atoms with van der Waals surface area (Å²) in [5.74, 6) is 2.28. The standard InChI is InChI=1S/C31H41F3N6O3/c1-30(2,3)43-29(41)36-24-12-8-20(9-13-24)22-17-35-40(18-22)25-14-10-21(11-15-25)28-38-37-27(39(28)4)19-42-26-7-5-6-23(16-26)31(32,33)34/h5-7,16-18,20-21,24-25H,8-15,19H2,1-4H3,(H,36,41). The molecule has 0 atom stereocenters. The fourth-order valence-corrected chi connectivity index (χ4v) is 6.17. The number of carbonyl (C=O) groups is 1. The van der Waals surface area contributed by atoms with Crippen LogP contribution in [0.4, 0.5) is 18.0 Å². The Morgan fingerprint density at radius 3 is 2.37 bits per heavy atom. The predicted octanol–water partition coefficient (Wildman–Crippen LogP) is 7.06. The third-order valence-corrected chi connectivity index (χ3v) is 8.50. The van der Waals surface area contributed by atoms with Gasteiger partial charge in [0.05, 0.1) is 17.8 Å². The molecule has 2 aromatic heterocycles. The van der Waals surface area contributed by atoms with E-state index in [0.717, 1.165) is 69.3 Å². The lowest BCUT2D eigenvalue weighted by Crippen LogP contribution is -2.40. The SMILES string of the molecule is Cn1c(COc2cccc(C(F)(F)F)c2)nnc1C1CCC(n2cc(C3CCC(NC(=O)OC(C)(C)C)CC3)cn2)CC1. The summed E-state index contributed by atoms with van der Waals surface area (Å²) in [5.41, 5.74) is 0.0147. The molecule has 3 aromatic rings. The van der Waals surface area contributed by atoms with Gasteiger partial charge in [-0.1, -0.05) is 6.07 Å². The van der Waals surface area contributed by atoms with Crippen LogP contribution in [0.15, 0.2) is 36.7 Å². The van der Waals surface area contributed by atoms with Gasteiger partial charge >= 0.3 is 12.3 Å². The van der Waals surface area contributed by atoms with Crippen molar-refractivity contribution in [3.63, 3.8) is 0 Å². The van der Waals surface area contributed by atoms with Gasteiger partial charge in [0.15, 0.2) is 5.82 Å². The summed E-state index contributed by atoms with van der Waals surface area (Å²) in [7, 11) is 1.88. The minimum Gasteiger partial charge on any atom is -0.486 e. The minimum atomic E-state index is -4.42. The molecule has 9 nitrogen and oxygen atoms in total. The van der Waals surface area contributed by atoms with Crippen LogP contribution in [0, 0.1) is 0 Å².